The number of aromatic nitrogens is 3. The molecule has 132 valence electrons. The van der Waals surface area contributed by atoms with Crippen molar-refractivity contribution in [3.8, 4) is 0 Å². The molecule has 1 aliphatic heterocycles. The first-order chi connectivity index (χ1) is 12.2. The Hall–Kier alpha value is -2.37. The molecule has 2 aromatic rings. The van der Waals surface area contributed by atoms with Gasteiger partial charge in [0.25, 0.3) is 0 Å². The Morgan fingerprint density at radius 3 is 2.60 bits per heavy atom. The lowest BCUT2D eigenvalue weighted by atomic mass is 10.0. The summed E-state index contributed by atoms with van der Waals surface area (Å²) in [6.45, 7) is 1.47. The SMILES string of the molecule is O=C(C[C@@H]1C[C@H]1Cc1ccccc1)N1CCC(n2cn[nH]c2=O)CC1. The Morgan fingerprint density at radius 2 is 1.92 bits per heavy atom. The third-order valence-corrected chi connectivity index (χ3v) is 5.63. The number of H-pyrrole nitrogens is 1. The van der Waals surface area contributed by atoms with Gasteiger partial charge in [0, 0.05) is 25.6 Å². The minimum atomic E-state index is -0.161. The average Bonchev–Trinajstić information content (AvgIpc) is 3.20. The molecule has 1 amide bonds. The van der Waals surface area contributed by atoms with Gasteiger partial charge in [-0.05, 0) is 43.1 Å². The van der Waals surface area contributed by atoms with Gasteiger partial charge in [-0.15, -0.1) is 0 Å². The molecule has 0 spiro atoms. The van der Waals surface area contributed by atoms with Crippen molar-refractivity contribution in [1.29, 1.82) is 0 Å². The zero-order chi connectivity index (χ0) is 17.2. The molecule has 6 nitrogen and oxygen atoms in total. The highest BCUT2D eigenvalue weighted by molar-refractivity contribution is 5.77. The summed E-state index contributed by atoms with van der Waals surface area (Å²) >= 11 is 0. The van der Waals surface area contributed by atoms with E-state index < -0.39 is 0 Å². The van der Waals surface area contributed by atoms with E-state index in [9.17, 15) is 9.59 Å². The van der Waals surface area contributed by atoms with Crippen molar-refractivity contribution in [3.05, 3.63) is 52.7 Å². The van der Waals surface area contributed by atoms with E-state index in [1.54, 1.807) is 10.9 Å². The van der Waals surface area contributed by atoms with Crippen LogP contribution >= 0.6 is 0 Å². The third-order valence-electron chi connectivity index (χ3n) is 5.63. The minimum Gasteiger partial charge on any atom is -0.343 e. The van der Waals surface area contributed by atoms with E-state index in [4.69, 9.17) is 0 Å². The lowest BCUT2D eigenvalue weighted by Crippen LogP contribution is -2.40. The lowest BCUT2D eigenvalue weighted by molar-refractivity contribution is -0.132. The standard InChI is InChI=1S/C19H24N4O2/c24-18(12-16-11-15(16)10-14-4-2-1-3-5-14)22-8-6-17(7-9-22)23-13-20-21-19(23)25/h1-5,13,15-17H,6-12H2,(H,21,25)/t15-,16+/m1/s1. The third kappa shape index (κ3) is 3.67. The molecule has 2 atom stereocenters. The first-order valence-corrected chi connectivity index (χ1v) is 9.14. The minimum absolute atomic E-state index is 0.155. The summed E-state index contributed by atoms with van der Waals surface area (Å²) in [6.07, 6.45) is 6.13. The second-order valence-electron chi connectivity index (χ2n) is 7.33. The summed E-state index contributed by atoms with van der Waals surface area (Å²) in [5, 5.41) is 6.22. The maximum absolute atomic E-state index is 12.5. The Kier molecular flexibility index (Phi) is 4.42. The number of nitrogens with zero attached hydrogens (tertiary/aromatic N) is 3. The molecule has 1 aromatic heterocycles. The molecule has 1 N–H and O–H groups in total. The van der Waals surface area contributed by atoms with Crippen LogP contribution in [0, 0.1) is 11.8 Å². The number of hydrogen-bond acceptors (Lipinski definition) is 3. The highest BCUT2D eigenvalue weighted by atomic mass is 16.2. The topological polar surface area (TPSA) is 71.0 Å². The predicted octanol–water partition coefficient (Wildman–Crippen LogP) is 2.00. The van der Waals surface area contributed by atoms with Crippen LogP contribution < -0.4 is 5.69 Å². The number of carbonyl (C=O) groups excluding carboxylic acids is 1. The van der Waals surface area contributed by atoms with E-state index in [0.29, 0.717) is 18.3 Å². The summed E-state index contributed by atoms with van der Waals surface area (Å²) in [4.78, 5) is 26.2. The largest absolute Gasteiger partial charge is 0.343 e. The molecule has 25 heavy (non-hydrogen) atoms. The van der Waals surface area contributed by atoms with Crippen molar-refractivity contribution in [1.82, 2.24) is 19.7 Å². The van der Waals surface area contributed by atoms with Gasteiger partial charge < -0.3 is 4.90 Å². The van der Waals surface area contributed by atoms with Gasteiger partial charge in [0.15, 0.2) is 0 Å². The molecule has 0 radical (unpaired) electrons. The molecule has 1 aliphatic carbocycles. The molecule has 1 saturated heterocycles. The predicted molar refractivity (Wildman–Crippen MR) is 94.1 cm³/mol. The van der Waals surface area contributed by atoms with Crippen molar-refractivity contribution in [3.63, 3.8) is 0 Å². The number of benzene rings is 1. The average molecular weight is 340 g/mol. The number of aromatic amines is 1. The summed E-state index contributed by atoms with van der Waals surface area (Å²) < 4.78 is 1.65. The van der Waals surface area contributed by atoms with E-state index in [1.807, 2.05) is 11.0 Å². The molecule has 0 unspecified atom stereocenters. The zero-order valence-corrected chi connectivity index (χ0v) is 14.3. The van der Waals surface area contributed by atoms with E-state index in [1.165, 1.54) is 12.0 Å². The number of likely N-dealkylation sites (tertiary alicyclic amines) is 1. The Bertz CT molecular complexity index is 774. The Balaban J connectivity index is 1.24. The second-order valence-corrected chi connectivity index (χ2v) is 7.33. The van der Waals surface area contributed by atoms with Crippen molar-refractivity contribution in [2.24, 2.45) is 11.8 Å². The molecule has 1 saturated carbocycles. The van der Waals surface area contributed by atoms with E-state index in [2.05, 4.69) is 34.5 Å². The number of nitrogens with one attached hydrogen (secondary N) is 1. The van der Waals surface area contributed by atoms with Crippen molar-refractivity contribution < 1.29 is 4.79 Å². The van der Waals surface area contributed by atoms with Gasteiger partial charge >= 0.3 is 5.69 Å². The first-order valence-electron chi connectivity index (χ1n) is 9.14. The van der Waals surface area contributed by atoms with Crippen LogP contribution in [0.25, 0.3) is 0 Å². The van der Waals surface area contributed by atoms with Gasteiger partial charge in [0.2, 0.25) is 5.91 Å². The van der Waals surface area contributed by atoms with Gasteiger partial charge in [-0.25, -0.2) is 9.89 Å². The van der Waals surface area contributed by atoms with Crippen LogP contribution in [-0.4, -0.2) is 38.7 Å². The Morgan fingerprint density at radius 1 is 1.16 bits per heavy atom. The second kappa shape index (κ2) is 6.86. The van der Waals surface area contributed by atoms with Crippen molar-refractivity contribution >= 4 is 5.91 Å². The van der Waals surface area contributed by atoms with E-state index >= 15 is 0 Å². The number of hydrogen-bond donors (Lipinski definition) is 1. The van der Waals surface area contributed by atoms with Crippen LogP contribution in [0.4, 0.5) is 0 Å². The first kappa shape index (κ1) is 16.1. The number of amides is 1. The lowest BCUT2D eigenvalue weighted by Gasteiger charge is -2.32. The van der Waals surface area contributed by atoms with Gasteiger partial charge in [0.05, 0.1) is 0 Å². The molecule has 2 aliphatic rings. The molecule has 0 bridgehead atoms. The van der Waals surface area contributed by atoms with Crippen LogP contribution in [0.3, 0.4) is 0 Å². The molecule has 2 heterocycles. The number of carbonyl (C=O) groups is 1. The van der Waals surface area contributed by atoms with Gasteiger partial charge in [-0.2, -0.15) is 5.10 Å². The van der Waals surface area contributed by atoms with Crippen LogP contribution in [0.1, 0.15) is 37.3 Å². The fraction of sp³-hybridized carbons (Fsp3) is 0.526. The van der Waals surface area contributed by atoms with E-state index in [-0.39, 0.29) is 17.6 Å². The number of piperidine rings is 1. The zero-order valence-electron chi connectivity index (χ0n) is 14.3. The van der Waals surface area contributed by atoms with Crippen LogP contribution in [0.5, 0.6) is 0 Å². The summed E-state index contributed by atoms with van der Waals surface area (Å²) in [7, 11) is 0. The fourth-order valence-corrected chi connectivity index (χ4v) is 3.99. The Labute approximate surface area is 146 Å². The maximum Gasteiger partial charge on any atom is 0.343 e. The molecule has 1 aromatic carbocycles. The highest BCUT2D eigenvalue weighted by Crippen LogP contribution is 2.44. The normalized spacial score (nSPS) is 23.6. The van der Waals surface area contributed by atoms with Gasteiger partial charge in [0.1, 0.15) is 6.33 Å². The summed E-state index contributed by atoms with van der Waals surface area (Å²) in [6, 6.07) is 10.7. The van der Waals surface area contributed by atoms with Gasteiger partial charge in [-0.3, -0.25) is 9.36 Å². The highest BCUT2D eigenvalue weighted by Gasteiger charge is 2.39. The summed E-state index contributed by atoms with van der Waals surface area (Å²) in [5.74, 6) is 1.48. The molecule has 4 rings (SSSR count). The van der Waals surface area contributed by atoms with Crippen molar-refractivity contribution in [2.45, 2.75) is 38.1 Å². The maximum atomic E-state index is 12.5. The van der Waals surface area contributed by atoms with Gasteiger partial charge in [-0.1, -0.05) is 30.3 Å². The van der Waals surface area contributed by atoms with E-state index in [0.717, 1.165) is 32.4 Å². The molecule has 2 fully saturated rings. The monoisotopic (exact) mass is 340 g/mol. The van der Waals surface area contributed by atoms with Crippen LogP contribution in [0.15, 0.2) is 41.5 Å². The fourth-order valence-electron chi connectivity index (χ4n) is 3.99. The summed E-state index contributed by atoms with van der Waals surface area (Å²) in [5.41, 5.74) is 1.21. The van der Waals surface area contributed by atoms with Crippen LogP contribution in [-0.2, 0) is 11.2 Å². The molecular weight excluding hydrogens is 316 g/mol. The van der Waals surface area contributed by atoms with Crippen molar-refractivity contribution in [2.75, 3.05) is 13.1 Å². The molecule has 6 heteroatoms. The number of rotatable bonds is 5. The molecular formula is C19H24N4O2. The smallest absolute Gasteiger partial charge is 0.343 e. The quantitative estimate of drug-likeness (QED) is 0.905. The van der Waals surface area contributed by atoms with Crippen LogP contribution in [0.2, 0.25) is 0 Å².